The number of aryl methyl sites for hydroxylation is 1. The lowest BCUT2D eigenvalue weighted by Crippen LogP contribution is -2.03. The lowest BCUT2D eigenvalue weighted by molar-refractivity contribution is 0.415. The minimum atomic E-state index is -0.471. The summed E-state index contributed by atoms with van der Waals surface area (Å²) < 4.78 is 18.5. The predicted octanol–water partition coefficient (Wildman–Crippen LogP) is 3.48. The van der Waals surface area contributed by atoms with Crippen LogP contribution in [0, 0.1) is 12.7 Å². The van der Waals surface area contributed by atoms with Crippen molar-refractivity contribution in [2.45, 2.75) is 6.92 Å². The number of aromatic nitrogens is 4. The molecule has 2 aromatic heterocycles. The molecule has 0 unspecified atom stereocenters. The van der Waals surface area contributed by atoms with Crippen LogP contribution in [0.2, 0.25) is 0 Å². The van der Waals surface area contributed by atoms with E-state index in [0.717, 1.165) is 22.3 Å². The van der Waals surface area contributed by atoms with Gasteiger partial charge in [-0.3, -0.25) is 5.32 Å². The number of nitrogens with one attached hydrogen (secondary N) is 1. The smallest absolute Gasteiger partial charge is 0.233 e. The Morgan fingerprint density at radius 2 is 1.62 bits per heavy atom. The normalized spacial score (nSPS) is 11.0. The molecule has 0 bridgehead atoms. The van der Waals surface area contributed by atoms with Gasteiger partial charge in [-0.25, -0.2) is 19.3 Å². The average molecular weight is 351 g/mol. The van der Waals surface area contributed by atoms with E-state index in [4.69, 9.17) is 4.74 Å². The fourth-order valence-corrected chi connectivity index (χ4v) is 2.68. The maximum absolute atomic E-state index is 13.3. The molecule has 0 fully saturated rings. The van der Waals surface area contributed by atoms with Crippen molar-refractivity contribution < 1.29 is 14.2 Å². The Hall–Kier alpha value is -3.55. The molecule has 0 aliphatic carbocycles. The Labute approximate surface area is 147 Å². The molecule has 0 amide bonds. The summed E-state index contributed by atoms with van der Waals surface area (Å²) in [7, 11) is 1.60. The zero-order valence-corrected chi connectivity index (χ0v) is 14.0. The first kappa shape index (κ1) is 15.9. The number of rotatable bonds is 3. The van der Waals surface area contributed by atoms with E-state index in [1.807, 2.05) is 25.1 Å². The second kappa shape index (κ2) is 6.07. The fraction of sp³-hybridized carbons (Fsp3) is 0.111. The van der Waals surface area contributed by atoms with Crippen molar-refractivity contribution >= 4 is 33.7 Å². The second-order valence-corrected chi connectivity index (χ2v) is 5.67. The molecule has 0 atom stereocenters. The highest BCUT2D eigenvalue weighted by Gasteiger charge is 2.11. The first-order valence-electron chi connectivity index (χ1n) is 7.79. The number of halogens is 1. The molecule has 0 radical (unpaired) electrons. The zero-order chi connectivity index (χ0) is 18.3. The number of methoxy groups -OCH3 is 1. The molecule has 7 nitrogen and oxygen atoms in total. The molecule has 26 heavy (non-hydrogen) atoms. The Kier molecular flexibility index (Phi) is 3.72. The summed E-state index contributed by atoms with van der Waals surface area (Å²) in [5.41, 5.74) is 1.89. The first-order valence-corrected chi connectivity index (χ1v) is 7.79. The third-order valence-corrected chi connectivity index (χ3v) is 3.95. The maximum Gasteiger partial charge on any atom is 0.233 e. The van der Waals surface area contributed by atoms with Gasteiger partial charge in [-0.1, -0.05) is 0 Å². The molecule has 130 valence electrons. The summed E-state index contributed by atoms with van der Waals surface area (Å²) >= 11 is 0. The van der Waals surface area contributed by atoms with Crippen LogP contribution in [0.4, 0.5) is 16.3 Å². The van der Waals surface area contributed by atoms with E-state index in [1.54, 1.807) is 7.11 Å². The molecular weight excluding hydrogens is 337 g/mol. The van der Waals surface area contributed by atoms with E-state index < -0.39 is 5.82 Å². The van der Waals surface area contributed by atoms with Gasteiger partial charge in [0.1, 0.15) is 11.6 Å². The van der Waals surface area contributed by atoms with Crippen LogP contribution in [-0.2, 0) is 0 Å². The lowest BCUT2D eigenvalue weighted by atomic mass is 10.2. The topological polar surface area (TPSA) is 93.0 Å². The molecule has 0 spiro atoms. The average Bonchev–Trinajstić information content (AvgIpc) is 2.62. The number of aromatic hydroxyl groups is 1. The molecule has 4 aromatic rings. The Bertz CT molecular complexity index is 1150. The number of hydrogen-bond donors (Lipinski definition) is 2. The molecule has 2 aromatic carbocycles. The summed E-state index contributed by atoms with van der Waals surface area (Å²) in [4.78, 5) is 17.0. The third kappa shape index (κ3) is 2.81. The molecule has 2 N–H and O–H groups in total. The van der Waals surface area contributed by atoms with Gasteiger partial charge in [0.2, 0.25) is 17.8 Å². The lowest BCUT2D eigenvalue weighted by Gasteiger charge is -2.09. The fourth-order valence-electron chi connectivity index (χ4n) is 2.68. The van der Waals surface area contributed by atoms with Crippen molar-refractivity contribution in [1.29, 1.82) is 0 Å². The number of ether oxygens (including phenoxy) is 1. The summed E-state index contributed by atoms with van der Waals surface area (Å²) in [5.74, 6) is 0.343. The first-order chi connectivity index (χ1) is 12.5. The van der Waals surface area contributed by atoms with Gasteiger partial charge in [0.15, 0.2) is 0 Å². The summed E-state index contributed by atoms with van der Waals surface area (Å²) in [5, 5.41) is 14.0. The molecule has 0 saturated heterocycles. The van der Waals surface area contributed by atoms with Crippen molar-refractivity contribution in [2.24, 2.45) is 0 Å². The van der Waals surface area contributed by atoms with Crippen LogP contribution in [0.3, 0.4) is 0 Å². The Morgan fingerprint density at radius 1 is 0.923 bits per heavy atom. The van der Waals surface area contributed by atoms with Crippen LogP contribution in [-0.4, -0.2) is 32.2 Å². The highest BCUT2D eigenvalue weighted by atomic mass is 19.1. The van der Waals surface area contributed by atoms with Crippen LogP contribution >= 0.6 is 0 Å². The summed E-state index contributed by atoms with van der Waals surface area (Å²) in [6.45, 7) is 1.86. The van der Waals surface area contributed by atoms with Crippen LogP contribution < -0.4 is 10.1 Å². The molecule has 0 aliphatic rings. The number of benzene rings is 2. The summed E-state index contributed by atoms with van der Waals surface area (Å²) in [6.07, 6.45) is 0. The largest absolute Gasteiger partial charge is 0.497 e. The van der Waals surface area contributed by atoms with Crippen molar-refractivity contribution in [3.63, 3.8) is 0 Å². The molecule has 4 rings (SSSR count). The van der Waals surface area contributed by atoms with Gasteiger partial charge in [0.05, 0.1) is 29.2 Å². The minimum absolute atomic E-state index is 0.119. The standard InChI is InChI=1S/C18H14FN5O2/c1-9-12-8-11(26-2)4-6-14(12)21-17(20-9)24-18-22-15-5-3-10(19)7-13(15)16(25)23-18/h3-8H,1-2H3,(H2,20,21,22,23,24,25). The quantitative estimate of drug-likeness (QED) is 0.584. The number of nitrogens with zero attached hydrogens (tertiary/aromatic N) is 4. The van der Waals surface area contributed by atoms with E-state index in [0.29, 0.717) is 11.5 Å². The Balaban J connectivity index is 1.75. The number of anilines is 2. The van der Waals surface area contributed by atoms with Gasteiger partial charge in [0.25, 0.3) is 0 Å². The van der Waals surface area contributed by atoms with E-state index >= 15 is 0 Å². The molecular formula is C18H14FN5O2. The molecule has 8 heteroatoms. The highest BCUT2D eigenvalue weighted by Crippen LogP contribution is 2.26. The highest BCUT2D eigenvalue weighted by molar-refractivity contribution is 5.85. The van der Waals surface area contributed by atoms with Gasteiger partial charge in [-0.15, -0.1) is 0 Å². The third-order valence-electron chi connectivity index (χ3n) is 3.95. The minimum Gasteiger partial charge on any atom is -0.497 e. The van der Waals surface area contributed by atoms with Crippen molar-refractivity contribution in [1.82, 2.24) is 19.9 Å². The number of fused-ring (bicyclic) bond motifs is 2. The van der Waals surface area contributed by atoms with E-state index in [9.17, 15) is 9.50 Å². The van der Waals surface area contributed by atoms with Crippen LogP contribution in [0.25, 0.3) is 21.8 Å². The summed E-state index contributed by atoms with van der Waals surface area (Å²) in [6, 6.07) is 9.42. The number of hydrogen-bond acceptors (Lipinski definition) is 7. The monoisotopic (exact) mass is 351 g/mol. The predicted molar refractivity (Wildman–Crippen MR) is 95.3 cm³/mol. The van der Waals surface area contributed by atoms with Gasteiger partial charge in [-0.05, 0) is 43.3 Å². The van der Waals surface area contributed by atoms with E-state index in [-0.39, 0.29) is 17.2 Å². The second-order valence-electron chi connectivity index (χ2n) is 5.67. The van der Waals surface area contributed by atoms with Gasteiger partial charge >= 0.3 is 0 Å². The van der Waals surface area contributed by atoms with Gasteiger partial charge in [0, 0.05) is 5.39 Å². The van der Waals surface area contributed by atoms with E-state index in [1.165, 1.54) is 18.2 Å². The van der Waals surface area contributed by atoms with Crippen LogP contribution in [0.15, 0.2) is 36.4 Å². The SMILES string of the molecule is COc1ccc2nc(Nc3nc(O)c4cc(F)ccc4n3)nc(C)c2c1. The molecule has 2 heterocycles. The zero-order valence-electron chi connectivity index (χ0n) is 14.0. The maximum atomic E-state index is 13.3. The van der Waals surface area contributed by atoms with E-state index in [2.05, 4.69) is 25.3 Å². The molecule has 0 aliphatic heterocycles. The van der Waals surface area contributed by atoms with Gasteiger partial charge < -0.3 is 9.84 Å². The van der Waals surface area contributed by atoms with Crippen LogP contribution in [0.1, 0.15) is 5.69 Å². The van der Waals surface area contributed by atoms with Crippen LogP contribution in [0.5, 0.6) is 11.6 Å². The molecule has 0 saturated carbocycles. The van der Waals surface area contributed by atoms with Crippen molar-refractivity contribution in [3.8, 4) is 11.6 Å². The van der Waals surface area contributed by atoms with Gasteiger partial charge in [-0.2, -0.15) is 4.98 Å². The Morgan fingerprint density at radius 3 is 2.38 bits per heavy atom. The van der Waals surface area contributed by atoms with Crippen molar-refractivity contribution in [2.75, 3.05) is 12.4 Å². The van der Waals surface area contributed by atoms with Crippen molar-refractivity contribution in [3.05, 3.63) is 47.9 Å².